The fourth-order valence-electron chi connectivity index (χ4n) is 2.88. The monoisotopic (exact) mass is 344 g/mol. The number of nitrogens with one attached hydrogen (secondary N) is 1. The van der Waals surface area contributed by atoms with Crippen molar-refractivity contribution in [2.75, 3.05) is 29.9 Å². The predicted octanol–water partition coefficient (Wildman–Crippen LogP) is 2.10. The molecule has 0 spiro atoms. The van der Waals surface area contributed by atoms with E-state index in [1.165, 1.54) is 0 Å². The molecular formula is C18H20N2O3S. The van der Waals surface area contributed by atoms with Crippen molar-refractivity contribution in [1.29, 1.82) is 0 Å². The Hall–Kier alpha value is -2.18. The van der Waals surface area contributed by atoms with E-state index in [2.05, 4.69) is 5.32 Å². The van der Waals surface area contributed by atoms with Gasteiger partial charge in [-0.25, -0.2) is 8.42 Å². The molecule has 0 saturated carbocycles. The molecule has 1 atom stereocenters. The van der Waals surface area contributed by atoms with Gasteiger partial charge in [-0.1, -0.05) is 48.5 Å². The van der Waals surface area contributed by atoms with Crippen LogP contribution in [0, 0.1) is 0 Å². The van der Waals surface area contributed by atoms with Gasteiger partial charge in [0.25, 0.3) is 0 Å². The molecule has 126 valence electrons. The maximum Gasteiger partial charge on any atom is 0.246 e. The molecule has 1 aliphatic rings. The molecule has 2 aromatic rings. The van der Waals surface area contributed by atoms with Crippen LogP contribution in [0.2, 0.25) is 0 Å². The van der Waals surface area contributed by atoms with Crippen LogP contribution in [0.25, 0.3) is 0 Å². The Bertz CT molecular complexity index is 778. The number of amides is 1. The Kier molecular flexibility index (Phi) is 4.97. The molecule has 2 aromatic carbocycles. The first kappa shape index (κ1) is 16.7. The van der Waals surface area contributed by atoms with E-state index in [4.69, 9.17) is 0 Å². The number of anilines is 1. The Morgan fingerprint density at radius 2 is 1.46 bits per heavy atom. The molecule has 0 radical (unpaired) electrons. The molecule has 0 aromatic heterocycles. The molecule has 0 bridgehead atoms. The zero-order chi connectivity index (χ0) is 17.0. The fraction of sp³-hybridized carbons (Fsp3) is 0.278. The van der Waals surface area contributed by atoms with Crippen LogP contribution >= 0.6 is 0 Å². The lowest BCUT2D eigenvalue weighted by molar-refractivity contribution is -0.121. The van der Waals surface area contributed by atoms with E-state index in [9.17, 15) is 13.2 Å². The zero-order valence-corrected chi connectivity index (χ0v) is 14.1. The maximum atomic E-state index is 12.9. The van der Waals surface area contributed by atoms with E-state index in [1.807, 2.05) is 65.6 Å². The van der Waals surface area contributed by atoms with Gasteiger partial charge in [-0.3, -0.25) is 9.69 Å². The van der Waals surface area contributed by atoms with E-state index in [1.54, 1.807) is 0 Å². The summed E-state index contributed by atoms with van der Waals surface area (Å²) in [6, 6.07) is 18.3. The summed E-state index contributed by atoms with van der Waals surface area (Å²) in [5.41, 5.74) is 1.60. The van der Waals surface area contributed by atoms with Gasteiger partial charge in [-0.15, -0.1) is 0 Å². The van der Waals surface area contributed by atoms with Gasteiger partial charge in [0.05, 0.1) is 11.5 Å². The summed E-state index contributed by atoms with van der Waals surface area (Å²) >= 11 is 0. The van der Waals surface area contributed by atoms with Crippen molar-refractivity contribution in [3.63, 3.8) is 0 Å². The van der Waals surface area contributed by atoms with Gasteiger partial charge in [0.2, 0.25) is 5.91 Å². The number of hydrogen-bond donors (Lipinski definition) is 1. The number of carbonyl (C=O) groups excluding carboxylic acids is 1. The molecule has 1 fully saturated rings. The highest BCUT2D eigenvalue weighted by Crippen LogP contribution is 2.24. The predicted molar refractivity (Wildman–Crippen MR) is 94.5 cm³/mol. The number of para-hydroxylation sites is 1. The SMILES string of the molecule is O=C(Nc1ccccc1)C(c1ccccc1)N1CCS(=O)(=O)CC1. The van der Waals surface area contributed by atoms with Gasteiger partial charge < -0.3 is 5.32 Å². The average molecular weight is 344 g/mol. The molecular weight excluding hydrogens is 324 g/mol. The fourth-order valence-corrected chi connectivity index (χ4v) is 4.11. The smallest absolute Gasteiger partial charge is 0.246 e. The van der Waals surface area contributed by atoms with Crippen molar-refractivity contribution < 1.29 is 13.2 Å². The zero-order valence-electron chi connectivity index (χ0n) is 13.3. The van der Waals surface area contributed by atoms with E-state index in [0.717, 1.165) is 11.3 Å². The van der Waals surface area contributed by atoms with E-state index >= 15 is 0 Å². The Balaban J connectivity index is 1.84. The summed E-state index contributed by atoms with van der Waals surface area (Å²) in [7, 11) is -2.99. The molecule has 5 nitrogen and oxygen atoms in total. The first-order valence-corrected chi connectivity index (χ1v) is 9.73. The lowest BCUT2D eigenvalue weighted by atomic mass is 10.0. The minimum atomic E-state index is -2.99. The molecule has 1 aliphatic heterocycles. The number of rotatable bonds is 4. The lowest BCUT2D eigenvalue weighted by Crippen LogP contribution is -2.46. The number of sulfone groups is 1. The molecule has 0 aliphatic carbocycles. The van der Waals surface area contributed by atoms with Crippen LogP contribution in [0.5, 0.6) is 0 Å². The lowest BCUT2D eigenvalue weighted by Gasteiger charge is -2.33. The van der Waals surface area contributed by atoms with Crippen molar-refractivity contribution in [2.24, 2.45) is 0 Å². The Morgan fingerprint density at radius 1 is 0.917 bits per heavy atom. The molecule has 1 heterocycles. The summed E-state index contributed by atoms with van der Waals surface area (Å²) in [5.74, 6) is 0.0378. The summed E-state index contributed by atoms with van der Waals surface area (Å²) in [5, 5.41) is 2.93. The van der Waals surface area contributed by atoms with Crippen LogP contribution in [0.15, 0.2) is 60.7 Å². The first-order valence-electron chi connectivity index (χ1n) is 7.90. The van der Waals surface area contributed by atoms with Crippen molar-refractivity contribution in [2.45, 2.75) is 6.04 Å². The molecule has 6 heteroatoms. The second kappa shape index (κ2) is 7.15. The van der Waals surface area contributed by atoms with E-state index < -0.39 is 15.9 Å². The van der Waals surface area contributed by atoms with Crippen molar-refractivity contribution >= 4 is 21.4 Å². The highest BCUT2D eigenvalue weighted by Gasteiger charge is 2.32. The van der Waals surface area contributed by atoms with E-state index in [0.29, 0.717) is 13.1 Å². The van der Waals surface area contributed by atoms with Crippen LogP contribution in [-0.4, -0.2) is 43.8 Å². The standard InChI is InChI=1S/C18H20N2O3S/c21-18(19-16-9-5-2-6-10-16)17(15-7-3-1-4-8-15)20-11-13-24(22,23)14-12-20/h1-10,17H,11-14H2,(H,19,21). The van der Waals surface area contributed by atoms with Gasteiger partial charge in [-0.2, -0.15) is 0 Å². The molecule has 1 unspecified atom stereocenters. The largest absolute Gasteiger partial charge is 0.324 e. The molecule has 1 N–H and O–H groups in total. The topological polar surface area (TPSA) is 66.5 Å². The summed E-state index contributed by atoms with van der Waals surface area (Å²) in [6.45, 7) is 0.730. The van der Waals surface area contributed by atoms with Gasteiger partial charge in [0.1, 0.15) is 6.04 Å². The quantitative estimate of drug-likeness (QED) is 0.922. The van der Waals surface area contributed by atoms with Crippen LogP contribution < -0.4 is 5.32 Å². The summed E-state index contributed by atoms with van der Waals surface area (Å²) in [6.07, 6.45) is 0. The number of nitrogens with zero attached hydrogens (tertiary/aromatic N) is 1. The molecule has 1 amide bonds. The maximum absolute atomic E-state index is 12.9. The minimum Gasteiger partial charge on any atom is -0.324 e. The molecule has 24 heavy (non-hydrogen) atoms. The van der Waals surface area contributed by atoms with Crippen LogP contribution in [0.3, 0.4) is 0 Å². The third-order valence-corrected chi connectivity index (χ3v) is 5.76. The van der Waals surface area contributed by atoms with E-state index in [-0.39, 0.29) is 17.4 Å². The van der Waals surface area contributed by atoms with Gasteiger partial charge in [0, 0.05) is 18.8 Å². The normalized spacial score (nSPS) is 18.7. The summed E-state index contributed by atoms with van der Waals surface area (Å²) in [4.78, 5) is 14.8. The van der Waals surface area contributed by atoms with Gasteiger partial charge in [-0.05, 0) is 17.7 Å². The molecule has 3 rings (SSSR count). The first-order chi connectivity index (χ1) is 11.6. The second-order valence-corrected chi connectivity index (χ2v) is 8.16. The number of carbonyl (C=O) groups is 1. The van der Waals surface area contributed by atoms with Gasteiger partial charge in [0.15, 0.2) is 9.84 Å². The number of hydrogen-bond acceptors (Lipinski definition) is 4. The van der Waals surface area contributed by atoms with Crippen molar-refractivity contribution in [1.82, 2.24) is 4.90 Å². The van der Waals surface area contributed by atoms with Crippen LogP contribution in [0.4, 0.5) is 5.69 Å². The summed E-state index contributed by atoms with van der Waals surface area (Å²) < 4.78 is 23.4. The van der Waals surface area contributed by atoms with Gasteiger partial charge >= 0.3 is 0 Å². The Morgan fingerprint density at radius 3 is 2.04 bits per heavy atom. The van der Waals surface area contributed by atoms with Crippen molar-refractivity contribution in [3.05, 3.63) is 66.2 Å². The Labute approximate surface area is 142 Å². The van der Waals surface area contributed by atoms with Crippen LogP contribution in [-0.2, 0) is 14.6 Å². The third-order valence-electron chi connectivity index (χ3n) is 4.15. The average Bonchev–Trinajstić information content (AvgIpc) is 2.58. The number of benzene rings is 2. The highest BCUT2D eigenvalue weighted by molar-refractivity contribution is 7.91. The third kappa shape index (κ3) is 4.01. The minimum absolute atomic E-state index is 0.0922. The second-order valence-electron chi connectivity index (χ2n) is 5.86. The van der Waals surface area contributed by atoms with Crippen molar-refractivity contribution in [3.8, 4) is 0 Å². The molecule has 1 saturated heterocycles. The highest BCUT2D eigenvalue weighted by atomic mass is 32.2. The van der Waals surface area contributed by atoms with Crippen LogP contribution in [0.1, 0.15) is 11.6 Å².